The summed E-state index contributed by atoms with van der Waals surface area (Å²) in [6.45, 7) is 1.43. The zero-order valence-corrected chi connectivity index (χ0v) is 11.4. The van der Waals surface area contributed by atoms with Gasteiger partial charge in [-0.1, -0.05) is 25.7 Å². The Hall–Kier alpha value is -1.59. The topological polar surface area (TPSA) is 104 Å². The second kappa shape index (κ2) is 10.3. The number of amides is 1. The normalized spacial score (nSPS) is 11.8. The molecule has 0 aromatic carbocycles. The Bertz CT molecular complexity index is 303. The van der Waals surface area contributed by atoms with E-state index in [4.69, 9.17) is 10.2 Å². The standard InChI is InChI=1S/C13H23NO5/c1-10(13(18)19)14-11(15)8-6-4-2-3-5-7-9-12(16)17/h10H,2-9H2,1H3,(H,14,15)(H,16,17)(H,18,19). The Kier molecular flexibility index (Phi) is 9.48. The largest absolute Gasteiger partial charge is 0.481 e. The molecule has 0 saturated heterocycles. The molecule has 0 bridgehead atoms. The predicted molar refractivity (Wildman–Crippen MR) is 69.8 cm³/mol. The summed E-state index contributed by atoms with van der Waals surface area (Å²) in [5, 5.41) is 19.4. The molecule has 0 aromatic rings. The molecule has 110 valence electrons. The third-order valence-corrected chi connectivity index (χ3v) is 2.79. The van der Waals surface area contributed by atoms with Gasteiger partial charge in [-0.15, -0.1) is 0 Å². The molecule has 1 atom stereocenters. The molecule has 0 heterocycles. The molecule has 0 saturated carbocycles. The molecule has 1 unspecified atom stereocenters. The molecule has 0 aliphatic carbocycles. The summed E-state index contributed by atoms with van der Waals surface area (Å²) in [5.41, 5.74) is 0. The van der Waals surface area contributed by atoms with E-state index in [9.17, 15) is 14.4 Å². The Labute approximate surface area is 113 Å². The van der Waals surface area contributed by atoms with Crippen LogP contribution in [0.15, 0.2) is 0 Å². The molecule has 6 heteroatoms. The number of hydrogen-bond donors (Lipinski definition) is 3. The van der Waals surface area contributed by atoms with Crippen LogP contribution in [0.1, 0.15) is 58.3 Å². The maximum atomic E-state index is 11.3. The quantitative estimate of drug-likeness (QED) is 0.498. The number of aliphatic carboxylic acids is 2. The van der Waals surface area contributed by atoms with Crippen molar-refractivity contribution in [1.29, 1.82) is 0 Å². The van der Waals surface area contributed by atoms with Crippen molar-refractivity contribution < 1.29 is 24.6 Å². The number of hydrogen-bond acceptors (Lipinski definition) is 3. The summed E-state index contributed by atoms with van der Waals surface area (Å²) in [6, 6.07) is -0.844. The van der Waals surface area contributed by atoms with Gasteiger partial charge in [0.1, 0.15) is 6.04 Å². The smallest absolute Gasteiger partial charge is 0.325 e. The Balaban J connectivity index is 3.37. The highest BCUT2D eigenvalue weighted by molar-refractivity contribution is 5.83. The third kappa shape index (κ3) is 11.2. The minimum Gasteiger partial charge on any atom is -0.481 e. The molecule has 0 aliphatic heterocycles. The fraction of sp³-hybridized carbons (Fsp3) is 0.769. The van der Waals surface area contributed by atoms with E-state index in [0.717, 1.165) is 32.1 Å². The van der Waals surface area contributed by atoms with Crippen LogP contribution in [0.3, 0.4) is 0 Å². The fourth-order valence-corrected chi connectivity index (χ4v) is 1.64. The first kappa shape index (κ1) is 17.4. The number of carboxylic acids is 2. The summed E-state index contributed by atoms with van der Waals surface area (Å²) in [5.74, 6) is -2.03. The fourth-order valence-electron chi connectivity index (χ4n) is 1.64. The molecule has 0 spiro atoms. The van der Waals surface area contributed by atoms with Crippen LogP contribution in [0.4, 0.5) is 0 Å². The van der Waals surface area contributed by atoms with Crippen LogP contribution in [-0.2, 0) is 14.4 Å². The molecule has 6 nitrogen and oxygen atoms in total. The maximum Gasteiger partial charge on any atom is 0.325 e. The van der Waals surface area contributed by atoms with Gasteiger partial charge in [-0.2, -0.15) is 0 Å². The van der Waals surface area contributed by atoms with Gasteiger partial charge >= 0.3 is 11.9 Å². The Morgan fingerprint density at radius 2 is 1.37 bits per heavy atom. The van der Waals surface area contributed by atoms with Gasteiger partial charge in [0.05, 0.1) is 0 Å². The molecular weight excluding hydrogens is 250 g/mol. The Morgan fingerprint density at radius 1 is 0.895 bits per heavy atom. The van der Waals surface area contributed by atoms with Crippen LogP contribution < -0.4 is 5.32 Å². The van der Waals surface area contributed by atoms with Crippen LogP contribution in [0.25, 0.3) is 0 Å². The van der Waals surface area contributed by atoms with Crippen LogP contribution in [-0.4, -0.2) is 34.1 Å². The summed E-state index contributed by atoms with van der Waals surface area (Å²) in [6.07, 6.45) is 5.74. The monoisotopic (exact) mass is 273 g/mol. The highest BCUT2D eigenvalue weighted by Crippen LogP contribution is 2.08. The molecule has 0 rings (SSSR count). The highest BCUT2D eigenvalue weighted by Gasteiger charge is 2.12. The molecule has 0 fully saturated rings. The average molecular weight is 273 g/mol. The molecule has 0 radical (unpaired) electrons. The molecule has 3 N–H and O–H groups in total. The number of carbonyl (C=O) groups excluding carboxylic acids is 1. The molecular formula is C13H23NO5. The van der Waals surface area contributed by atoms with E-state index >= 15 is 0 Å². The van der Waals surface area contributed by atoms with Gasteiger partial charge in [0.15, 0.2) is 0 Å². The van der Waals surface area contributed by atoms with E-state index < -0.39 is 18.0 Å². The highest BCUT2D eigenvalue weighted by atomic mass is 16.4. The lowest BCUT2D eigenvalue weighted by molar-refractivity contribution is -0.141. The van der Waals surface area contributed by atoms with Crippen molar-refractivity contribution in [2.24, 2.45) is 0 Å². The van der Waals surface area contributed by atoms with E-state index in [-0.39, 0.29) is 12.3 Å². The first-order chi connectivity index (χ1) is 8.93. The van der Waals surface area contributed by atoms with E-state index in [1.54, 1.807) is 0 Å². The first-order valence-electron chi connectivity index (χ1n) is 6.67. The van der Waals surface area contributed by atoms with Crippen molar-refractivity contribution in [1.82, 2.24) is 5.32 Å². The van der Waals surface area contributed by atoms with E-state index in [1.807, 2.05) is 0 Å². The van der Waals surface area contributed by atoms with E-state index in [0.29, 0.717) is 12.8 Å². The van der Waals surface area contributed by atoms with Gasteiger partial charge in [-0.3, -0.25) is 14.4 Å². The van der Waals surface area contributed by atoms with Gasteiger partial charge in [0, 0.05) is 12.8 Å². The predicted octanol–water partition coefficient (Wildman–Crippen LogP) is 1.78. The lowest BCUT2D eigenvalue weighted by Gasteiger charge is -2.08. The number of carboxylic acid groups (broad SMARTS) is 2. The lowest BCUT2D eigenvalue weighted by atomic mass is 10.1. The summed E-state index contributed by atoms with van der Waals surface area (Å²) in [4.78, 5) is 32.1. The summed E-state index contributed by atoms with van der Waals surface area (Å²) in [7, 11) is 0. The second-order valence-corrected chi connectivity index (χ2v) is 4.64. The molecule has 0 aromatic heterocycles. The first-order valence-corrected chi connectivity index (χ1v) is 6.67. The van der Waals surface area contributed by atoms with Crippen molar-refractivity contribution in [3.8, 4) is 0 Å². The van der Waals surface area contributed by atoms with Crippen molar-refractivity contribution in [2.75, 3.05) is 0 Å². The zero-order valence-electron chi connectivity index (χ0n) is 11.4. The van der Waals surface area contributed by atoms with Crippen molar-refractivity contribution in [2.45, 2.75) is 64.3 Å². The van der Waals surface area contributed by atoms with Crippen molar-refractivity contribution in [3.05, 3.63) is 0 Å². The van der Waals surface area contributed by atoms with Gasteiger partial charge in [-0.25, -0.2) is 0 Å². The number of nitrogens with one attached hydrogen (secondary N) is 1. The Morgan fingerprint density at radius 3 is 1.84 bits per heavy atom. The maximum absolute atomic E-state index is 11.3. The SMILES string of the molecule is CC(NC(=O)CCCCCCCCC(=O)O)C(=O)O. The van der Waals surface area contributed by atoms with Gasteiger partial charge in [-0.05, 0) is 19.8 Å². The summed E-state index contributed by atoms with van der Waals surface area (Å²) >= 11 is 0. The van der Waals surface area contributed by atoms with Crippen LogP contribution in [0.2, 0.25) is 0 Å². The van der Waals surface area contributed by atoms with Gasteiger partial charge < -0.3 is 15.5 Å². The van der Waals surface area contributed by atoms with E-state index in [1.165, 1.54) is 6.92 Å². The lowest BCUT2D eigenvalue weighted by Crippen LogP contribution is -2.38. The minimum absolute atomic E-state index is 0.218. The second-order valence-electron chi connectivity index (χ2n) is 4.64. The van der Waals surface area contributed by atoms with Crippen LogP contribution in [0, 0.1) is 0 Å². The molecule has 0 aliphatic rings. The number of rotatable bonds is 11. The third-order valence-electron chi connectivity index (χ3n) is 2.79. The van der Waals surface area contributed by atoms with Crippen molar-refractivity contribution in [3.63, 3.8) is 0 Å². The van der Waals surface area contributed by atoms with Gasteiger partial charge in [0.2, 0.25) is 5.91 Å². The van der Waals surface area contributed by atoms with Crippen LogP contribution in [0.5, 0.6) is 0 Å². The number of carbonyl (C=O) groups is 3. The summed E-state index contributed by atoms with van der Waals surface area (Å²) < 4.78 is 0. The molecule has 19 heavy (non-hydrogen) atoms. The molecule has 1 amide bonds. The number of unbranched alkanes of at least 4 members (excludes halogenated alkanes) is 5. The van der Waals surface area contributed by atoms with Crippen molar-refractivity contribution >= 4 is 17.8 Å². The zero-order chi connectivity index (χ0) is 14.7. The van der Waals surface area contributed by atoms with Crippen LogP contribution >= 0.6 is 0 Å². The minimum atomic E-state index is -1.04. The average Bonchev–Trinajstić information content (AvgIpc) is 2.31. The van der Waals surface area contributed by atoms with E-state index in [2.05, 4.69) is 5.32 Å². The van der Waals surface area contributed by atoms with Gasteiger partial charge in [0.25, 0.3) is 0 Å².